The Labute approximate surface area is 63.4 Å². The van der Waals surface area contributed by atoms with Crippen molar-refractivity contribution in [1.29, 1.82) is 0 Å². The Bertz CT molecular complexity index is 277. The van der Waals surface area contributed by atoms with E-state index in [1.54, 1.807) is 0 Å². The quantitative estimate of drug-likeness (QED) is 0.500. The number of hydrogen-bond acceptors (Lipinski definition) is 3. The molecule has 0 spiro atoms. The topological polar surface area (TPSA) is 51.2 Å². The average Bonchev–Trinajstić information content (AvgIpc) is 1.80. The van der Waals surface area contributed by atoms with E-state index in [0.717, 1.165) is 0 Å². The van der Waals surface area contributed by atoms with Gasteiger partial charge in [0.15, 0.2) is 0 Å². The summed E-state index contributed by atoms with van der Waals surface area (Å²) in [6.45, 7) is 0. The number of carbonyl (C=O) groups is 1. The van der Waals surface area contributed by atoms with Gasteiger partial charge in [0.2, 0.25) is 0 Å². The van der Waals surface area contributed by atoms with E-state index in [9.17, 15) is 34.7 Å². The molecule has 12 heavy (non-hydrogen) atoms. The molecular weight excluding hydrogens is 211 g/mol. The third kappa shape index (κ3) is 2.72. The van der Waals surface area contributed by atoms with Crippen molar-refractivity contribution in [2.24, 2.45) is 0 Å². The largest absolute Gasteiger partial charge is 0.454 e. The van der Waals surface area contributed by atoms with Crippen LogP contribution in [-0.4, -0.2) is 25.9 Å². The van der Waals surface area contributed by atoms with Crippen LogP contribution in [-0.2, 0) is 15.0 Å². The molecule has 0 bridgehead atoms. The Morgan fingerprint density at radius 2 is 1.58 bits per heavy atom. The molecule has 0 aromatic heterocycles. The minimum atomic E-state index is -6.12. The van der Waals surface area contributed by atoms with Gasteiger partial charge in [0.05, 0.1) is 0 Å². The molecule has 0 rings (SSSR count). The van der Waals surface area contributed by atoms with Gasteiger partial charge in [-0.2, -0.15) is 21.6 Å². The molecule has 0 N–H and O–H groups in total. The predicted molar refractivity (Wildman–Crippen MR) is 26.0 cm³/mol. The number of alkyl halides is 4. The lowest BCUT2D eigenvalue weighted by Gasteiger charge is -2.05. The Morgan fingerprint density at radius 3 is 1.67 bits per heavy atom. The standard InChI is InChI=1S/C3HF5O3S/c4-2(12(8,10)11)1(9)3(5,6)7/h2H. The van der Waals surface area contributed by atoms with Crippen molar-refractivity contribution >= 4 is 16.0 Å². The number of Topliss-reactive ketones (excluding diaryl/α,β-unsaturated/α-hetero) is 1. The number of carbonyl (C=O) groups excluding carboxylic acids is 1. The highest BCUT2D eigenvalue weighted by atomic mass is 32.3. The molecule has 0 saturated carbocycles. The van der Waals surface area contributed by atoms with E-state index in [2.05, 4.69) is 0 Å². The number of hydrogen-bond donors (Lipinski definition) is 0. The first-order valence-corrected chi connectivity index (χ1v) is 3.70. The molecule has 0 heterocycles. The molecule has 0 aliphatic heterocycles. The molecule has 0 aliphatic rings. The summed E-state index contributed by atoms with van der Waals surface area (Å²) in [4.78, 5) is 9.69. The zero-order valence-electron chi connectivity index (χ0n) is 5.10. The van der Waals surface area contributed by atoms with E-state index in [1.165, 1.54) is 0 Å². The van der Waals surface area contributed by atoms with Crippen molar-refractivity contribution in [2.45, 2.75) is 11.7 Å². The maximum absolute atomic E-state index is 11.8. The van der Waals surface area contributed by atoms with Gasteiger partial charge >= 0.3 is 16.4 Å². The summed E-state index contributed by atoms with van der Waals surface area (Å²) in [5.41, 5.74) is -4.18. The molecule has 0 fully saturated rings. The fraction of sp³-hybridized carbons (Fsp3) is 0.667. The predicted octanol–water partition coefficient (Wildman–Crippen LogP) is 0.713. The summed E-state index contributed by atoms with van der Waals surface area (Å²) >= 11 is 0. The van der Waals surface area contributed by atoms with Gasteiger partial charge in [-0.15, -0.1) is 3.89 Å². The maximum Gasteiger partial charge on any atom is 0.454 e. The normalized spacial score (nSPS) is 15.8. The molecule has 3 nitrogen and oxygen atoms in total. The van der Waals surface area contributed by atoms with Crippen LogP contribution in [0.4, 0.5) is 21.4 Å². The minimum Gasteiger partial charge on any atom is -0.285 e. The van der Waals surface area contributed by atoms with Crippen LogP contribution in [0.1, 0.15) is 0 Å². The summed E-state index contributed by atoms with van der Waals surface area (Å²) in [7, 11) is -6.12. The van der Waals surface area contributed by atoms with Crippen molar-refractivity contribution < 1.29 is 34.7 Å². The van der Waals surface area contributed by atoms with Gasteiger partial charge in [0, 0.05) is 0 Å². The Hall–Kier alpha value is -0.730. The lowest BCUT2D eigenvalue weighted by molar-refractivity contribution is -0.173. The van der Waals surface area contributed by atoms with Crippen LogP contribution in [0.5, 0.6) is 0 Å². The third-order valence-electron chi connectivity index (χ3n) is 0.733. The van der Waals surface area contributed by atoms with E-state index in [1.807, 2.05) is 0 Å². The zero-order valence-corrected chi connectivity index (χ0v) is 5.92. The van der Waals surface area contributed by atoms with Gasteiger partial charge in [0.1, 0.15) is 0 Å². The molecule has 0 aromatic carbocycles. The van der Waals surface area contributed by atoms with E-state index in [4.69, 9.17) is 0 Å². The van der Waals surface area contributed by atoms with Crippen LogP contribution in [0.2, 0.25) is 0 Å². The van der Waals surface area contributed by atoms with Crippen LogP contribution in [0.15, 0.2) is 0 Å². The van der Waals surface area contributed by atoms with Crippen LogP contribution < -0.4 is 0 Å². The molecule has 0 saturated heterocycles. The van der Waals surface area contributed by atoms with Crippen LogP contribution in [0.3, 0.4) is 0 Å². The smallest absolute Gasteiger partial charge is 0.285 e. The summed E-state index contributed by atoms with van der Waals surface area (Å²) < 4.78 is 75.7. The van der Waals surface area contributed by atoms with Crippen molar-refractivity contribution in [3.63, 3.8) is 0 Å². The molecule has 1 unspecified atom stereocenters. The first-order chi connectivity index (χ1) is 5.07. The average molecular weight is 212 g/mol. The summed E-state index contributed by atoms with van der Waals surface area (Å²) in [6, 6.07) is 0. The molecule has 0 aromatic rings. The fourth-order valence-corrected chi connectivity index (χ4v) is 0.646. The first kappa shape index (κ1) is 11.3. The maximum atomic E-state index is 11.8. The van der Waals surface area contributed by atoms with E-state index in [0.29, 0.717) is 0 Å². The van der Waals surface area contributed by atoms with Gasteiger partial charge in [-0.25, -0.2) is 4.39 Å². The second-order valence-corrected chi connectivity index (χ2v) is 3.02. The number of rotatable bonds is 2. The number of ketones is 1. The lowest BCUT2D eigenvalue weighted by atomic mass is 10.4. The second-order valence-electron chi connectivity index (χ2n) is 1.65. The Balaban J connectivity index is 4.77. The highest BCUT2D eigenvalue weighted by molar-refractivity contribution is 7.87. The van der Waals surface area contributed by atoms with E-state index >= 15 is 0 Å². The van der Waals surface area contributed by atoms with Gasteiger partial charge in [-0.05, 0) is 0 Å². The van der Waals surface area contributed by atoms with Gasteiger partial charge in [-0.3, -0.25) is 4.79 Å². The van der Waals surface area contributed by atoms with Crippen molar-refractivity contribution in [3.8, 4) is 0 Å². The second kappa shape index (κ2) is 2.96. The highest BCUT2D eigenvalue weighted by Crippen LogP contribution is 2.22. The lowest BCUT2D eigenvalue weighted by Crippen LogP contribution is -2.35. The molecular formula is C3HF5O3S. The van der Waals surface area contributed by atoms with Crippen molar-refractivity contribution in [1.82, 2.24) is 0 Å². The van der Waals surface area contributed by atoms with Gasteiger partial charge in [-0.1, -0.05) is 0 Å². The van der Waals surface area contributed by atoms with Crippen LogP contribution in [0, 0.1) is 0 Å². The Kier molecular flexibility index (Phi) is 2.78. The van der Waals surface area contributed by atoms with E-state index in [-0.39, 0.29) is 0 Å². The first-order valence-electron chi connectivity index (χ1n) is 2.25. The third-order valence-corrected chi connectivity index (χ3v) is 1.44. The van der Waals surface area contributed by atoms with Crippen LogP contribution >= 0.6 is 0 Å². The molecule has 0 amide bonds. The molecule has 0 aliphatic carbocycles. The van der Waals surface area contributed by atoms with Gasteiger partial charge in [0.25, 0.3) is 11.3 Å². The summed E-state index contributed by atoms with van der Waals surface area (Å²) in [6.07, 6.45) is -5.70. The van der Waals surface area contributed by atoms with Crippen molar-refractivity contribution in [2.75, 3.05) is 0 Å². The van der Waals surface area contributed by atoms with Gasteiger partial charge < -0.3 is 0 Å². The molecule has 72 valence electrons. The number of halogens is 5. The van der Waals surface area contributed by atoms with Crippen LogP contribution in [0.25, 0.3) is 0 Å². The van der Waals surface area contributed by atoms with Crippen molar-refractivity contribution in [3.05, 3.63) is 0 Å². The molecule has 0 radical (unpaired) electrons. The molecule has 1 atom stereocenters. The SMILES string of the molecule is O=C(C(F)S(=O)(=O)F)C(F)(F)F. The summed E-state index contributed by atoms with van der Waals surface area (Å²) in [5, 5.41) is 0. The summed E-state index contributed by atoms with van der Waals surface area (Å²) in [5.74, 6) is -3.27. The Morgan fingerprint density at radius 1 is 1.25 bits per heavy atom. The van der Waals surface area contributed by atoms with E-state index < -0.39 is 27.7 Å². The molecule has 9 heteroatoms. The monoisotopic (exact) mass is 212 g/mol. The zero-order chi connectivity index (χ0) is 10.2. The fourth-order valence-electron chi connectivity index (χ4n) is 0.257. The minimum absolute atomic E-state index is 3.27. The highest BCUT2D eigenvalue weighted by Gasteiger charge is 2.49.